The lowest BCUT2D eigenvalue weighted by Gasteiger charge is -2.30. The zero-order valence-corrected chi connectivity index (χ0v) is 18.7. The van der Waals surface area contributed by atoms with Crippen molar-refractivity contribution in [2.75, 3.05) is 19.6 Å². The summed E-state index contributed by atoms with van der Waals surface area (Å²) in [6.45, 7) is 6.15. The Labute approximate surface area is 190 Å². The van der Waals surface area contributed by atoms with E-state index in [1.807, 2.05) is 0 Å². The maximum absolute atomic E-state index is 4.78. The first-order valence-electron chi connectivity index (χ1n) is 10.4. The molecular formula is C22H30Cl2N6. The fraction of sp³-hybridized carbons (Fsp3) is 0.455. The molecule has 162 valence electrons. The number of hydrogen-bond acceptors (Lipinski definition) is 4. The molecule has 1 saturated heterocycles. The van der Waals surface area contributed by atoms with Gasteiger partial charge >= 0.3 is 0 Å². The van der Waals surface area contributed by atoms with Crippen molar-refractivity contribution in [3.63, 3.8) is 0 Å². The lowest BCUT2D eigenvalue weighted by molar-refractivity contribution is 0.200. The highest BCUT2D eigenvalue weighted by Crippen LogP contribution is 2.28. The number of piperidine rings is 1. The molecule has 8 heteroatoms. The Hall–Kier alpha value is -1.86. The predicted molar refractivity (Wildman–Crippen MR) is 124 cm³/mol. The van der Waals surface area contributed by atoms with Crippen LogP contribution in [0.15, 0.2) is 42.5 Å². The number of nitrogens with zero attached hydrogens (tertiary/aromatic N) is 4. The summed E-state index contributed by atoms with van der Waals surface area (Å²) in [4.78, 5) is 2.54. The molecule has 0 spiro atoms. The molecule has 2 aliphatic heterocycles. The largest absolute Gasteiger partial charge is 0.309 e. The smallest absolute Gasteiger partial charge is 0.0768 e. The molecular weight excluding hydrogens is 419 g/mol. The Bertz CT molecular complexity index is 891. The Morgan fingerprint density at radius 1 is 1.00 bits per heavy atom. The standard InChI is InChI=1S/C22H28N6.2ClH/c1-2-4-17(5-3-1)12-19-14-22(25-24-19)18-6-9-27(10-7-18)16-20-13-21-15-23-8-11-28(21)26-20;;/h1-5,13-14,18,23H,6-12,15-16H2,(H,24,25);2*1H. The second-order valence-electron chi connectivity index (χ2n) is 8.06. The van der Waals surface area contributed by atoms with Gasteiger partial charge in [-0.05, 0) is 43.6 Å². The average molecular weight is 449 g/mol. The number of rotatable bonds is 5. The highest BCUT2D eigenvalue weighted by Gasteiger charge is 2.23. The van der Waals surface area contributed by atoms with Crippen LogP contribution >= 0.6 is 24.8 Å². The second kappa shape index (κ2) is 10.4. The molecule has 0 unspecified atom stereocenters. The van der Waals surface area contributed by atoms with Crippen molar-refractivity contribution in [2.45, 2.75) is 44.8 Å². The molecule has 0 amide bonds. The number of aromatic nitrogens is 4. The predicted octanol–water partition coefficient (Wildman–Crippen LogP) is 3.52. The van der Waals surface area contributed by atoms with Crippen LogP contribution < -0.4 is 5.32 Å². The minimum Gasteiger partial charge on any atom is -0.309 e. The molecule has 4 heterocycles. The highest BCUT2D eigenvalue weighted by atomic mass is 35.5. The van der Waals surface area contributed by atoms with Crippen LogP contribution in [-0.2, 0) is 26.1 Å². The Kier molecular flexibility index (Phi) is 7.94. The number of benzene rings is 1. The number of likely N-dealkylation sites (tertiary alicyclic amines) is 1. The van der Waals surface area contributed by atoms with E-state index in [9.17, 15) is 0 Å². The van der Waals surface area contributed by atoms with Gasteiger partial charge in [-0.15, -0.1) is 24.8 Å². The van der Waals surface area contributed by atoms with Crippen LogP contribution in [0.4, 0.5) is 0 Å². The van der Waals surface area contributed by atoms with E-state index in [0.717, 1.165) is 45.7 Å². The zero-order chi connectivity index (χ0) is 18.8. The van der Waals surface area contributed by atoms with Crippen molar-refractivity contribution in [1.29, 1.82) is 0 Å². The third-order valence-corrected chi connectivity index (χ3v) is 6.00. The maximum atomic E-state index is 4.78. The molecule has 30 heavy (non-hydrogen) atoms. The summed E-state index contributed by atoms with van der Waals surface area (Å²) in [5.41, 5.74) is 6.29. The first-order valence-corrected chi connectivity index (χ1v) is 10.4. The van der Waals surface area contributed by atoms with Crippen molar-refractivity contribution in [1.82, 2.24) is 30.2 Å². The molecule has 2 aliphatic rings. The van der Waals surface area contributed by atoms with E-state index in [1.54, 1.807) is 0 Å². The van der Waals surface area contributed by atoms with Gasteiger partial charge in [0.2, 0.25) is 0 Å². The zero-order valence-electron chi connectivity index (χ0n) is 17.1. The van der Waals surface area contributed by atoms with Crippen molar-refractivity contribution in [3.8, 4) is 0 Å². The van der Waals surface area contributed by atoms with Gasteiger partial charge in [0, 0.05) is 37.7 Å². The minimum absolute atomic E-state index is 0. The van der Waals surface area contributed by atoms with Gasteiger partial charge in [0.05, 0.1) is 23.6 Å². The summed E-state index contributed by atoms with van der Waals surface area (Å²) >= 11 is 0. The second-order valence-corrected chi connectivity index (χ2v) is 8.06. The average Bonchev–Trinajstić information content (AvgIpc) is 3.36. The molecule has 0 saturated carbocycles. The van der Waals surface area contributed by atoms with E-state index >= 15 is 0 Å². The van der Waals surface area contributed by atoms with Gasteiger partial charge in [0.15, 0.2) is 0 Å². The molecule has 5 rings (SSSR count). The van der Waals surface area contributed by atoms with Crippen LogP contribution in [0.2, 0.25) is 0 Å². The van der Waals surface area contributed by atoms with Crippen LogP contribution in [0.1, 0.15) is 47.1 Å². The topological polar surface area (TPSA) is 61.8 Å². The highest BCUT2D eigenvalue weighted by molar-refractivity contribution is 5.85. The van der Waals surface area contributed by atoms with E-state index in [-0.39, 0.29) is 24.8 Å². The summed E-state index contributed by atoms with van der Waals surface area (Å²) < 4.78 is 2.16. The molecule has 0 aliphatic carbocycles. The Morgan fingerprint density at radius 3 is 2.57 bits per heavy atom. The number of nitrogens with one attached hydrogen (secondary N) is 2. The fourth-order valence-corrected chi connectivity index (χ4v) is 4.44. The fourth-order valence-electron chi connectivity index (χ4n) is 4.44. The lowest BCUT2D eigenvalue weighted by Crippen LogP contribution is -2.32. The number of fused-ring (bicyclic) bond motifs is 1. The molecule has 1 fully saturated rings. The van der Waals surface area contributed by atoms with Crippen molar-refractivity contribution in [3.05, 3.63) is 70.8 Å². The van der Waals surface area contributed by atoms with E-state index in [2.05, 4.69) is 67.6 Å². The molecule has 2 aromatic heterocycles. The number of aromatic amines is 1. The molecule has 0 bridgehead atoms. The van der Waals surface area contributed by atoms with Crippen LogP contribution in [0, 0.1) is 0 Å². The van der Waals surface area contributed by atoms with Crippen LogP contribution in [-0.4, -0.2) is 44.5 Å². The SMILES string of the molecule is Cl.Cl.c1ccc(Cc2cc(C3CCN(Cc4cc5n(n4)CCNC5)CC3)n[nH]2)cc1. The quantitative estimate of drug-likeness (QED) is 0.626. The molecule has 2 N–H and O–H groups in total. The maximum Gasteiger partial charge on any atom is 0.0768 e. The molecule has 3 aromatic rings. The number of H-pyrrole nitrogens is 1. The molecule has 0 radical (unpaired) electrons. The van der Waals surface area contributed by atoms with Gasteiger partial charge < -0.3 is 5.32 Å². The number of halogens is 2. The summed E-state index contributed by atoms with van der Waals surface area (Å²) in [5.74, 6) is 0.566. The Balaban J connectivity index is 0.00000128. The van der Waals surface area contributed by atoms with Crippen LogP contribution in [0.5, 0.6) is 0 Å². The van der Waals surface area contributed by atoms with Gasteiger partial charge in [0.1, 0.15) is 0 Å². The van der Waals surface area contributed by atoms with Gasteiger partial charge in [-0.25, -0.2) is 0 Å². The van der Waals surface area contributed by atoms with E-state index in [1.165, 1.54) is 41.2 Å². The van der Waals surface area contributed by atoms with Gasteiger partial charge in [-0.1, -0.05) is 30.3 Å². The van der Waals surface area contributed by atoms with Gasteiger partial charge in [-0.2, -0.15) is 10.2 Å². The monoisotopic (exact) mass is 448 g/mol. The van der Waals surface area contributed by atoms with Crippen molar-refractivity contribution in [2.24, 2.45) is 0 Å². The third-order valence-electron chi connectivity index (χ3n) is 6.00. The summed E-state index contributed by atoms with van der Waals surface area (Å²) in [7, 11) is 0. The minimum atomic E-state index is 0. The normalized spacial score (nSPS) is 17.1. The van der Waals surface area contributed by atoms with Crippen molar-refractivity contribution >= 4 is 24.8 Å². The van der Waals surface area contributed by atoms with Crippen LogP contribution in [0.25, 0.3) is 0 Å². The van der Waals surface area contributed by atoms with Crippen molar-refractivity contribution < 1.29 is 0 Å². The number of hydrogen-bond donors (Lipinski definition) is 2. The molecule has 0 atom stereocenters. The van der Waals surface area contributed by atoms with Crippen LogP contribution in [0.3, 0.4) is 0 Å². The molecule has 6 nitrogen and oxygen atoms in total. The summed E-state index contributed by atoms with van der Waals surface area (Å²) in [6, 6.07) is 15.1. The summed E-state index contributed by atoms with van der Waals surface area (Å²) in [6.07, 6.45) is 3.27. The van der Waals surface area contributed by atoms with E-state index in [0.29, 0.717) is 5.92 Å². The Morgan fingerprint density at radius 2 is 1.80 bits per heavy atom. The van der Waals surface area contributed by atoms with Gasteiger partial charge in [-0.3, -0.25) is 14.7 Å². The third kappa shape index (κ3) is 5.24. The first-order chi connectivity index (χ1) is 13.8. The summed E-state index contributed by atoms with van der Waals surface area (Å²) in [5, 5.41) is 16.1. The first kappa shape index (κ1) is 22.8. The lowest BCUT2D eigenvalue weighted by atomic mass is 9.93. The van der Waals surface area contributed by atoms with Gasteiger partial charge in [0.25, 0.3) is 0 Å². The van der Waals surface area contributed by atoms with E-state index in [4.69, 9.17) is 5.10 Å². The molecule has 1 aromatic carbocycles. The van der Waals surface area contributed by atoms with E-state index < -0.39 is 0 Å².